The third kappa shape index (κ3) is 8.38. The molecule has 30 heavy (non-hydrogen) atoms. The maximum absolute atomic E-state index is 12.0. The fourth-order valence-corrected chi connectivity index (χ4v) is 4.04. The van der Waals surface area contributed by atoms with E-state index in [0.29, 0.717) is 42.2 Å². The third-order valence-electron chi connectivity index (χ3n) is 5.53. The van der Waals surface area contributed by atoms with E-state index in [9.17, 15) is 19.2 Å². The van der Waals surface area contributed by atoms with Crippen molar-refractivity contribution in [3.05, 3.63) is 0 Å². The van der Waals surface area contributed by atoms with E-state index < -0.39 is 17.8 Å². The number of amides is 2. The van der Waals surface area contributed by atoms with Crippen LogP contribution >= 0.6 is 12.2 Å². The van der Waals surface area contributed by atoms with Gasteiger partial charge in [0.05, 0.1) is 0 Å². The molecule has 2 saturated heterocycles. The highest BCUT2D eigenvalue weighted by molar-refractivity contribution is 7.80. The molecule has 2 rings (SSSR count). The number of carbonyl (C=O) groups is 4. The van der Waals surface area contributed by atoms with Crippen LogP contribution in [0.1, 0.15) is 90.4 Å². The highest BCUT2D eigenvalue weighted by Gasteiger charge is 2.32. The fourth-order valence-electron chi connectivity index (χ4n) is 3.70. The smallest absolute Gasteiger partial charge is 0.333 e. The van der Waals surface area contributed by atoms with Crippen LogP contribution in [0.15, 0.2) is 0 Å². The molecule has 2 aliphatic heterocycles. The van der Waals surface area contributed by atoms with Crippen molar-refractivity contribution in [2.75, 3.05) is 0 Å². The maximum Gasteiger partial charge on any atom is 0.333 e. The van der Waals surface area contributed by atoms with Crippen molar-refractivity contribution in [2.45, 2.75) is 102 Å². The molecule has 9 heteroatoms. The van der Waals surface area contributed by atoms with Gasteiger partial charge in [0, 0.05) is 44.2 Å². The van der Waals surface area contributed by atoms with E-state index in [2.05, 4.69) is 17.6 Å². The Bertz CT molecular complexity index is 639. The van der Waals surface area contributed by atoms with Gasteiger partial charge in [-0.3, -0.25) is 14.4 Å². The molecule has 0 aromatic rings. The molecule has 2 N–H and O–H groups in total. The average Bonchev–Trinajstić information content (AvgIpc) is 3.19. The molecule has 2 atom stereocenters. The summed E-state index contributed by atoms with van der Waals surface area (Å²) in [7, 11) is 0. The number of Topliss-reactive ketones (excluding diaryl/α,β-unsaturated/α-hetero) is 1. The summed E-state index contributed by atoms with van der Waals surface area (Å²) in [6.45, 7) is 2.12. The van der Waals surface area contributed by atoms with Crippen LogP contribution in [0.3, 0.4) is 0 Å². The van der Waals surface area contributed by atoms with E-state index in [1.54, 1.807) is 0 Å². The van der Waals surface area contributed by atoms with E-state index in [4.69, 9.17) is 17.1 Å². The van der Waals surface area contributed by atoms with Crippen molar-refractivity contribution in [1.29, 1.82) is 0 Å². The molecule has 168 valence electrons. The van der Waals surface area contributed by atoms with E-state index in [0.717, 1.165) is 50.1 Å². The minimum absolute atomic E-state index is 0.100. The van der Waals surface area contributed by atoms with Crippen molar-refractivity contribution in [2.24, 2.45) is 0 Å². The van der Waals surface area contributed by atoms with Gasteiger partial charge in [-0.25, -0.2) is 4.79 Å². The number of thiocarbonyl (C=S) groups is 1. The predicted molar refractivity (Wildman–Crippen MR) is 115 cm³/mol. The zero-order valence-corrected chi connectivity index (χ0v) is 18.6. The lowest BCUT2D eigenvalue weighted by atomic mass is 10.0. The summed E-state index contributed by atoms with van der Waals surface area (Å²) < 4.78 is 0. The van der Waals surface area contributed by atoms with Crippen molar-refractivity contribution < 1.29 is 24.0 Å². The zero-order valence-electron chi connectivity index (χ0n) is 17.7. The second kappa shape index (κ2) is 12.6. The summed E-state index contributed by atoms with van der Waals surface area (Å²) in [5.74, 6) is -1.18. The van der Waals surface area contributed by atoms with Crippen LogP contribution in [0.4, 0.5) is 0 Å². The molecule has 2 fully saturated rings. The number of carbonyl (C=O) groups excluding carboxylic acids is 4. The van der Waals surface area contributed by atoms with Gasteiger partial charge in [0.15, 0.2) is 5.11 Å². The van der Waals surface area contributed by atoms with Crippen LogP contribution in [0.25, 0.3) is 0 Å². The number of hydroxylamine groups is 2. The molecule has 0 aromatic carbocycles. The van der Waals surface area contributed by atoms with Crippen LogP contribution in [-0.2, 0) is 24.0 Å². The number of unbranched alkanes of at least 4 members (excludes halogenated alkanes) is 5. The number of nitrogens with zero attached hydrogens (tertiary/aromatic N) is 1. The summed E-state index contributed by atoms with van der Waals surface area (Å²) in [4.78, 5) is 51.2. The summed E-state index contributed by atoms with van der Waals surface area (Å²) in [6, 6.07) is 0.757. The molecular weight excluding hydrogens is 406 g/mol. The van der Waals surface area contributed by atoms with E-state index in [1.165, 1.54) is 0 Å². The number of imide groups is 1. The first-order valence-corrected chi connectivity index (χ1v) is 11.4. The first-order valence-electron chi connectivity index (χ1n) is 11.0. The van der Waals surface area contributed by atoms with Gasteiger partial charge in [0.2, 0.25) is 0 Å². The molecule has 0 bridgehead atoms. The lowest BCUT2D eigenvalue weighted by molar-refractivity contribution is -0.197. The molecule has 8 nitrogen and oxygen atoms in total. The summed E-state index contributed by atoms with van der Waals surface area (Å²) >= 11 is 5.11. The monoisotopic (exact) mass is 439 g/mol. The van der Waals surface area contributed by atoms with Crippen LogP contribution < -0.4 is 10.6 Å². The summed E-state index contributed by atoms with van der Waals surface area (Å²) in [6.07, 6.45) is 8.84. The van der Waals surface area contributed by atoms with Gasteiger partial charge in [0.1, 0.15) is 5.78 Å². The Balaban J connectivity index is 1.40. The second-order valence-electron chi connectivity index (χ2n) is 8.11. The first kappa shape index (κ1) is 24.2. The Morgan fingerprint density at radius 2 is 1.50 bits per heavy atom. The molecule has 0 saturated carbocycles. The molecule has 0 unspecified atom stereocenters. The Kier molecular flexibility index (Phi) is 10.2. The predicted octanol–water partition coefficient (Wildman–Crippen LogP) is 2.69. The minimum atomic E-state index is -0.561. The summed E-state index contributed by atoms with van der Waals surface area (Å²) in [5, 5.41) is 7.78. The van der Waals surface area contributed by atoms with E-state index in [1.807, 2.05) is 0 Å². The number of ketones is 1. The average molecular weight is 440 g/mol. The molecular formula is C21H33N3O5S. The van der Waals surface area contributed by atoms with E-state index >= 15 is 0 Å². The van der Waals surface area contributed by atoms with Gasteiger partial charge in [-0.1, -0.05) is 25.7 Å². The number of hydrogen-bond donors (Lipinski definition) is 2. The molecule has 2 aliphatic rings. The van der Waals surface area contributed by atoms with Crippen LogP contribution in [-0.4, -0.2) is 45.8 Å². The normalized spacial score (nSPS) is 21.0. The van der Waals surface area contributed by atoms with Crippen molar-refractivity contribution in [1.82, 2.24) is 15.7 Å². The Hall–Kier alpha value is -2.03. The number of nitrogens with one attached hydrogen (secondary N) is 2. The molecule has 0 aromatic heterocycles. The second-order valence-corrected chi connectivity index (χ2v) is 8.52. The first-order chi connectivity index (χ1) is 14.4. The maximum atomic E-state index is 12.0. The van der Waals surface area contributed by atoms with Gasteiger partial charge in [-0.15, -0.1) is 5.06 Å². The standard InChI is InChI=1S/C21H33N3O5S/c1-15-17(23-21(30)22-15)11-7-4-6-10-16(25)9-5-2-3-8-12-20(28)29-24-18(26)13-14-19(24)27/h15,17H,2-14H2,1H3,(H2,22,23,30)/t15-,17+/m0/s1. The summed E-state index contributed by atoms with van der Waals surface area (Å²) in [5.41, 5.74) is 0. The largest absolute Gasteiger partial charge is 0.358 e. The molecule has 0 aliphatic carbocycles. The van der Waals surface area contributed by atoms with Crippen molar-refractivity contribution in [3.63, 3.8) is 0 Å². The van der Waals surface area contributed by atoms with Gasteiger partial charge in [-0.05, 0) is 44.8 Å². The molecule has 0 radical (unpaired) electrons. The number of hydrogen-bond acceptors (Lipinski definition) is 6. The van der Waals surface area contributed by atoms with E-state index in [-0.39, 0.29) is 19.3 Å². The Morgan fingerprint density at radius 3 is 2.07 bits per heavy atom. The minimum Gasteiger partial charge on any atom is -0.358 e. The van der Waals surface area contributed by atoms with Crippen molar-refractivity contribution >= 4 is 40.9 Å². The molecule has 2 amide bonds. The topological polar surface area (TPSA) is 105 Å². The zero-order chi connectivity index (χ0) is 21.9. The van der Waals surface area contributed by atoms with Gasteiger partial charge in [-0.2, -0.15) is 0 Å². The fraction of sp³-hybridized carbons (Fsp3) is 0.762. The quantitative estimate of drug-likeness (QED) is 0.242. The SMILES string of the molecule is C[C@@H]1NC(=S)N[C@@H]1CCCCCC(=O)CCCCCCC(=O)ON1C(=O)CCC1=O. The highest BCUT2D eigenvalue weighted by atomic mass is 32.1. The van der Waals surface area contributed by atoms with Crippen molar-refractivity contribution in [3.8, 4) is 0 Å². The van der Waals surface area contributed by atoms with Gasteiger partial charge < -0.3 is 15.5 Å². The van der Waals surface area contributed by atoms with Crippen LogP contribution in [0, 0.1) is 0 Å². The Morgan fingerprint density at radius 1 is 0.933 bits per heavy atom. The lowest BCUT2D eigenvalue weighted by Crippen LogP contribution is -2.31. The molecule has 0 spiro atoms. The van der Waals surface area contributed by atoms with Crippen LogP contribution in [0.5, 0.6) is 0 Å². The van der Waals surface area contributed by atoms with Gasteiger partial charge >= 0.3 is 5.97 Å². The third-order valence-corrected chi connectivity index (χ3v) is 5.77. The highest BCUT2D eigenvalue weighted by Crippen LogP contribution is 2.15. The van der Waals surface area contributed by atoms with Gasteiger partial charge in [0.25, 0.3) is 11.8 Å². The van der Waals surface area contributed by atoms with Crippen LogP contribution in [0.2, 0.25) is 0 Å². The Labute approximate surface area is 183 Å². The number of rotatable bonds is 14. The molecule has 2 heterocycles. The lowest BCUT2D eigenvalue weighted by Gasteiger charge is -2.13.